The monoisotopic (exact) mass is 213 g/mol. The number of aromatic nitrogens is 1. The van der Waals surface area contributed by atoms with E-state index in [1.54, 1.807) is 6.20 Å². The van der Waals surface area contributed by atoms with Gasteiger partial charge in [0, 0.05) is 24.4 Å². The Morgan fingerprint density at radius 2 is 2.29 bits per heavy atom. The van der Waals surface area contributed by atoms with Gasteiger partial charge in [0.2, 0.25) is 0 Å². The fraction of sp³-hybridized carbons (Fsp3) is 0.300. The van der Waals surface area contributed by atoms with Crippen LogP contribution < -0.4 is 11.5 Å². The normalized spacial score (nSPS) is 12.4. The Balaban J connectivity index is 0.00000169. The molecule has 0 radical (unpaired) electrons. The summed E-state index contributed by atoms with van der Waals surface area (Å²) in [5.74, 6) is 0. The van der Waals surface area contributed by atoms with Crippen LogP contribution in [0.1, 0.15) is 24.2 Å². The first-order valence-electron chi connectivity index (χ1n) is 4.31. The second kappa shape index (κ2) is 6.40. The third kappa shape index (κ3) is 3.77. The highest BCUT2D eigenvalue weighted by Crippen LogP contribution is 2.09. The van der Waals surface area contributed by atoms with Gasteiger partial charge in [-0.2, -0.15) is 0 Å². The van der Waals surface area contributed by atoms with Crippen molar-refractivity contribution in [2.45, 2.75) is 19.4 Å². The lowest BCUT2D eigenvalue weighted by atomic mass is 10.1. The molecule has 0 aromatic carbocycles. The van der Waals surface area contributed by atoms with Crippen molar-refractivity contribution in [2.75, 3.05) is 0 Å². The van der Waals surface area contributed by atoms with Crippen LogP contribution in [0.4, 0.5) is 0 Å². The van der Waals surface area contributed by atoms with E-state index < -0.39 is 0 Å². The fourth-order valence-corrected chi connectivity index (χ4v) is 1.08. The van der Waals surface area contributed by atoms with Gasteiger partial charge in [-0.15, -0.1) is 12.4 Å². The van der Waals surface area contributed by atoms with Crippen molar-refractivity contribution in [2.24, 2.45) is 11.5 Å². The molecule has 78 valence electrons. The number of hydrogen-bond donors (Lipinski definition) is 2. The molecule has 14 heavy (non-hydrogen) atoms. The maximum Gasteiger partial charge on any atom is 0.0445 e. The molecule has 0 aliphatic carbocycles. The molecule has 0 aliphatic heterocycles. The van der Waals surface area contributed by atoms with E-state index in [9.17, 15) is 0 Å². The van der Waals surface area contributed by atoms with Gasteiger partial charge in [-0.3, -0.25) is 4.98 Å². The van der Waals surface area contributed by atoms with Gasteiger partial charge in [-0.25, -0.2) is 0 Å². The second-order valence-electron chi connectivity index (χ2n) is 3.00. The van der Waals surface area contributed by atoms with Crippen LogP contribution >= 0.6 is 12.4 Å². The van der Waals surface area contributed by atoms with E-state index in [-0.39, 0.29) is 18.4 Å². The van der Waals surface area contributed by atoms with E-state index in [0.717, 1.165) is 17.7 Å². The number of allylic oxidation sites excluding steroid dienone is 1. The Kier molecular flexibility index (Phi) is 5.92. The Morgan fingerprint density at radius 1 is 1.57 bits per heavy atom. The fourth-order valence-electron chi connectivity index (χ4n) is 1.08. The summed E-state index contributed by atoms with van der Waals surface area (Å²) in [6, 6.07) is 3.99. The molecular weight excluding hydrogens is 198 g/mol. The van der Waals surface area contributed by atoms with Gasteiger partial charge in [-0.1, -0.05) is 6.08 Å². The molecule has 4 N–H and O–H groups in total. The topological polar surface area (TPSA) is 64.9 Å². The summed E-state index contributed by atoms with van der Waals surface area (Å²) in [7, 11) is 0. The molecule has 0 fully saturated rings. The lowest BCUT2D eigenvalue weighted by Gasteiger charge is -2.05. The zero-order valence-corrected chi connectivity index (χ0v) is 9.00. The first kappa shape index (κ1) is 12.9. The first-order chi connectivity index (χ1) is 6.24. The molecular formula is C10H16ClN3. The van der Waals surface area contributed by atoms with Gasteiger partial charge in [0.05, 0.1) is 0 Å². The van der Waals surface area contributed by atoms with Crippen molar-refractivity contribution >= 4 is 12.4 Å². The number of pyridine rings is 1. The van der Waals surface area contributed by atoms with Gasteiger partial charge >= 0.3 is 0 Å². The van der Waals surface area contributed by atoms with E-state index in [1.165, 1.54) is 6.20 Å². The van der Waals surface area contributed by atoms with Gasteiger partial charge in [-0.05, 0) is 30.8 Å². The van der Waals surface area contributed by atoms with Crippen molar-refractivity contribution in [3.8, 4) is 0 Å². The van der Waals surface area contributed by atoms with Gasteiger partial charge < -0.3 is 11.5 Å². The summed E-state index contributed by atoms with van der Waals surface area (Å²) < 4.78 is 0. The molecule has 1 atom stereocenters. The third-order valence-electron chi connectivity index (χ3n) is 1.83. The maximum absolute atomic E-state index is 5.74. The van der Waals surface area contributed by atoms with Crippen molar-refractivity contribution in [3.05, 3.63) is 41.9 Å². The van der Waals surface area contributed by atoms with Crippen LogP contribution in [0, 0.1) is 0 Å². The third-order valence-corrected chi connectivity index (χ3v) is 1.83. The minimum atomic E-state index is 0. The smallest absolute Gasteiger partial charge is 0.0445 e. The van der Waals surface area contributed by atoms with Crippen LogP contribution in [0.25, 0.3) is 0 Å². The van der Waals surface area contributed by atoms with Gasteiger partial charge in [0.25, 0.3) is 0 Å². The lowest BCUT2D eigenvalue weighted by Crippen LogP contribution is -2.05. The minimum absolute atomic E-state index is 0. The zero-order chi connectivity index (χ0) is 9.68. The van der Waals surface area contributed by atoms with Crippen LogP contribution in [-0.2, 0) is 6.42 Å². The van der Waals surface area contributed by atoms with Crippen molar-refractivity contribution in [1.82, 2.24) is 4.98 Å². The highest BCUT2D eigenvalue weighted by molar-refractivity contribution is 5.85. The maximum atomic E-state index is 5.74. The first-order valence-corrected chi connectivity index (χ1v) is 4.31. The predicted octanol–water partition coefficient (Wildman–Crippen LogP) is 1.54. The minimum Gasteiger partial charge on any atom is -0.405 e. The quantitative estimate of drug-likeness (QED) is 0.801. The molecule has 3 nitrogen and oxygen atoms in total. The molecule has 4 heteroatoms. The summed E-state index contributed by atoms with van der Waals surface area (Å²) in [5, 5.41) is 0. The van der Waals surface area contributed by atoms with Crippen molar-refractivity contribution < 1.29 is 0 Å². The molecule has 0 aliphatic rings. The number of nitrogens with two attached hydrogens (primary N) is 2. The average Bonchev–Trinajstić information content (AvgIpc) is 2.15. The van der Waals surface area contributed by atoms with E-state index in [0.29, 0.717) is 0 Å². The molecule has 0 amide bonds. The zero-order valence-electron chi connectivity index (χ0n) is 8.18. The molecule has 0 bridgehead atoms. The molecule has 1 aromatic rings. The van der Waals surface area contributed by atoms with Crippen LogP contribution in [0.3, 0.4) is 0 Å². The average molecular weight is 214 g/mol. The molecule has 1 rings (SSSR count). The highest BCUT2D eigenvalue weighted by atomic mass is 35.5. The predicted molar refractivity (Wildman–Crippen MR) is 61.1 cm³/mol. The molecule has 0 spiro atoms. The van der Waals surface area contributed by atoms with E-state index in [1.807, 2.05) is 25.1 Å². The SMILES string of the molecule is CC(N)c1ccnc(CC=CN)c1.Cl. The summed E-state index contributed by atoms with van der Waals surface area (Å²) in [4.78, 5) is 4.20. The summed E-state index contributed by atoms with van der Waals surface area (Å²) in [5.41, 5.74) is 13.1. The number of nitrogens with zero attached hydrogens (tertiary/aromatic N) is 1. The Labute approximate surface area is 90.6 Å². The van der Waals surface area contributed by atoms with Crippen molar-refractivity contribution in [3.63, 3.8) is 0 Å². The highest BCUT2D eigenvalue weighted by Gasteiger charge is 1.99. The molecule has 1 aromatic heterocycles. The van der Waals surface area contributed by atoms with Crippen LogP contribution in [0.15, 0.2) is 30.6 Å². The van der Waals surface area contributed by atoms with Gasteiger partial charge in [0.1, 0.15) is 0 Å². The van der Waals surface area contributed by atoms with E-state index in [2.05, 4.69) is 4.98 Å². The van der Waals surface area contributed by atoms with Crippen LogP contribution in [-0.4, -0.2) is 4.98 Å². The van der Waals surface area contributed by atoms with Gasteiger partial charge in [0.15, 0.2) is 0 Å². The summed E-state index contributed by atoms with van der Waals surface area (Å²) in [6.07, 6.45) is 5.93. The van der Waals surface area contributed by atoms with E-state index in [4.69, 9.17) is 11.5 Å². The Morgan fingerprint density at radius 3 is 2.86 bits per heavy atom. The van der Waals surface area contributed by atoms with Crippen molar-refractivity contribution in [1.29, 1.82) is 0 Å². The number of halogens is 1. The molecule has 0 saturated heterocycles. The molecule has 1 unspecified atom stereocenters. The summed E-state index contributed by atoms with van der Waals surface area (Å²) >= 11 is 0. The molecule has 0 saturated carbocycles. The Hall–Kier alpha value is -1.06. The second-order valence-corrected chi connectivity index (χ2v) is 3.00. The van der Waals surface area contributed by atoms with Crippen LogP contribution in [0.2, 0.25) is 0 Å². The van der Waals surface area contributed by atoms with E-state index >= 15 is 0 Å². The number of rotatable bonds is 3. The van der Waals surface area contributed by atoms with Crippen LogP contribution in [0.5, 0.6) is 0 Å². The molecule has 1 heterocycles. The lowest BCUT2D eigenvalue weighted by molar-refractivity contribution is 0.811. The standard InChI is InChI=1S/C10H15N3.ClH/c1-8(12)9-4-6-13-10(7-9)3-2-5-11;/h2,4-8H,3,11-12H2,1H3;1H. The largest absolute Gasteiger partial charge is 0.405 e. The number of hydrogen-bond acceptors (Lipinski definition) is 3. The summed E-state index contributed by atoms with van der Waals surface area (Å²) in [6.45, 7) is 1.96. The Bertz CT molecular complexity index is 297.